The van der Waals surface area contributed by atoms with Crippen LogP contribution in [-0.4, -0.2) is 124 Å². The van der Waals surface area contributed by atoms with E-state index in [2.05, 4.69) is 51.1 Å². The van der Waals surface area contributed by atoms with Crippen molar-refractivity contribution in [2.45, 2.75) is 30.9 Å². The Kier molecular flexibility index (Phi) is 23.2. The van der Waals surface area contributed by atoms with Gasteiger partial charge in [0.2, 0.25) is 18.0 Å². The molecule has 468 valence electrons. The number of rotatable bonds is 29. The molecule has 3 N–H and O–H groups in total. The predicted octanol–water partition coefficient (Wildman–Crippen LogP) is 13.8. The number of hydrogen-bond acceptors (Lipinski definition) is 19. The van der Waals surface area contributed by atoms with Gasteiger partial charge in [0.05, 0.1) is 71.3 Å². The van der Waals surface area contributed by atoms with Crippen molar-refractivity contribution < 1.29 is 47.6 Å². The van der Waals surface area contributed by atoms with Crippen molar-refractivity contribution >= 4 is 115 Å². The number of methoxy groups -OCH3 is 3. The number of thioether (sulfide) groups is 1. The van der Waals surface area contributed by atoms with E-state index in [1.54, 1.807) is 66.9 Å². The molecule has 0 spiro atoms. The Labute approximate surface area is 531 Å². The molecule has 1 heterocycles. The number of anilines is 4. The second-order valence-electron chi connectivity index (χ2n) is 21.0. The van der Waals surface area contributed by atoms with Crippen molar-refractivity contribution in [3.63, 3.8) is 0 Å². The van der Waals surface area contributed by atoms with Crippen LogP contribution in [-0.2, 0) is 19.2 Å². The van der Waals surface area contributed by atoms with Crippen LogP contribution in [0.15, 0.2) is 169 Å². The Hall–Kier alpha value is -10.8. The van der Waals surface area contributed by atoms with Crippen molar-refractivity contribution in [2.75, 3.05) is 109 Å². The summed E-state index contributed by atoms with van der Waals surface area (Å²) in [6.45, 7) is 1.23. The van der Waals surface area contributed by atoms with Crippen molar-refractivity contribution in [1.29, 1.82) is 5.26 Å². The van der Waals surface area contributed by atoms with Gasteiger partial charge in [-0.15, -0.1) is 22.0 Å². The van der Waals surface area contributed by atoms with Crippen molar-refractivity contribution in [2.24, 2.45) is 25.4 Å². The number of nitrogens with zero attached hydrogens (tertiary/aromatic N) is 10. The highest BCUT2D eigenvalue weighted by Gasteiger charge is 2.27. The lowest BCUT2D eigenvalue weighted by molar-refractivity contribution is -0.736. The molecule has 1 unspecified atom stereocenters. The average molecular weight is 1250 g/mol. The summed E-state index contributed by atoms with van der Waals surface area (Å²) in [5, 5.41) is 36.7. The molecule has 0 radical (unpaired) electrons. The van der Waals surface area contributed by atoms with Gasteiger partial charge >= 0.3 is 22.8 Å². The Morgan fingerprint density at radius 2 is 1.24 bits per heavy atom. The minimum absolute atomic E-state index is 0.0784. The van der Waals surface area contributed by atoms with Gasteiger partial charge in [0, 0.05) is 138 Å². The third-order valence-corrected chi connectivity index (χ3v) is 15.7. The lowest BCUT2D eigenvalue weighted by Gasteiger charge is -2.19. The molecule has 1 atom stereocenters. The monoisotopic (exact) mass is 1250 g/mol. The number of hydrogen-bond donors (Lipinski definition) is 3. The quantitative estimate of drug-likeness (QED) is 0.00575. The first-order valence-corrected chi connectivity index (χ1v) is 30.0. The fourth-order valence-electron chi connectivity index (χ4n) is 9.59. The van der Waals surface area contributed by atoms with E-state index in [1.165, 1.54) is 46.3 Å². The molecule has 91 heavy (non-hydrogen) atoms. The highest BCUT2D eigenvalue weighted by molar-refractivity contribution is 8.00. The summed E-state index contributed by atoms with van der Waals surface area (Å²) in [6, 6.07) is 41.2. The van der Waals surface area contributed by atoms with Crippen molar-refractivity contribution in [1.82, 2.24) is 10.6 Å². The number of nitrogens with one attached hydrogen (secondary N) is 3. The third kappa shape index (κ3) is 17.5. The van der Waals surface area contributed by atoms with E-state index >= 15 is 0 Å². The molecular weight excluding hydrogens is 1180 g/mol. The van der Waals surface area contributed by atoms with E-state index in [9.17, 15) is 29.3 Å². The molecule has 23 nitrogen and oxygen atoms in total. The van der Waals surface area contributed by atoms with Crippen LogP contribution >= 0.6 is 11.8 Å². The summed E-state index contributed by atoms with van der Waals surface area (Å²) >= 11 is 1.51. The Morgan fingerprint density at radius 3 is 1.80 bits per heavy atom. The number of carbonyl (C=O) groups is 4. The molecule has 0 bridgehead atoms. The molecule has 0 aliphatic carbocycles. The number of benzene rings is 7. The molecule has 0 saturated carbocycles. The average Bonchev–Trinajstić information content (AvgIpc) is 0.780. The summed E-state index contributed by atoms with van der Waals surface area (Å²) in [4.78, 5) is 79.5. The van der Waals surface area contributed by atoms with Gasteiger partial charge < -0.3 is 44.9 Å². The molecule has 7 aromatic carbocycles. The number of carbonyl (C=O) groups excluding carboxylic acids is 4. The molecule has 3 amide bonds. The van der Waals surface area contributed by atoms with E-state index in [4.69, 9.17) is 18.6 Å². The fraction of sp³-hybridized carbons (Fsp3) is 0.269. The van der Waals surface area contributed by atoms with Gasteiger partial charge in [0.25, 0.3) is 10.8 Å². The van der Waals surface area contributed by atoms with Gasteiger partial charge in [0.1, 0.15) is 22.9 Å². The smallest absolute Gasteiger partial charge is 0.363 e. The van der Waals surface area contributed by atoms with Gasteiger partial charge in [-0.1, -0.05) is 18.2 Å². The zero-order chi connectivity index (χ0) is 65.0. The summed E-state index contributed by atoms with van der Waals surface area (Å²) in [6.07, 6.45) is 4.78. The van der Waals surface area contributed by atoms with Crippen LogP contribution in [0.4, 0.5) is 51.2 Å². The number of fused-ring (bicyclic) bond motifs is 2. The molecule has 0 aliphatic heterocycles. The summed E-state index contributed by atoms with van der Waals surface area (Å²) < 4.78 is 22.9. The van der Waals surface area contributed by atoms with E-state index in [0.717, 1.165) is 39.0 Å². The van der Waals surface area contributed by atoms with Gasteiger partial charge in [-0.2, -0.15) is 20.5 Å². The number of nitriles is 1. The minimum Gasteiger partial charge on any atom is -0.494 e. The maximum absolute atomic E-state index is 13.5. The molecule has 0 fully saturated rings. The summed E-state index contributed by atoms with van der Waals surface area (Å²) in [5.41, 5.74) is 9.53. The van der Waals surface area contributed by atoms with Crippen LogP contribution in [0.2, 0.25) is 0 Å². The van der Waals surface area contributed by atoms with Crippen LogP contribution < -0.4 is 40.1 Å². The lowest BCUT2D eigenvalue weighted by atomic mass is 9.91. The van der Waals surface area contributed by atoms with E-state index in [-0.39, 0.29) is 41.2 Å². The molecule has 1 aromatic heterocycles. The molecule has 0 saturated heterocycles. The summed E-state index contributed by atoms with van der Waals surface area (Å²) in [7, 11) is 15.4. The van der Waals surface area contributed by atoms with Crippen LogP contribution in [0.3, 0.4) is 0 Å². The van der Waals surface area contributed by atoms with Crippen molar-refractivity contribution in [3.05, 3.63) is 161 Å². The number of ether oxygens (including phenoxy) is 3. The topological polar surface area (TPSA) is 268 Å². The van der Waals surface area contributed by atoms with Crippen LogP contribution in [0, 0.1) is 16.4 Å². The fourth-order valence-corrected chi connectivity index (χ4v) is 10.6. The Balaban J connectivity index is 0.761. The predicted molar refractivity (Wildman–Crippen MR) is 356 cm³/mol. The van der Waals surface area contributed by atoms with E-state index in [0.29, 0.717) is 105 Å². The molecule has 0 aliphatic rings. The zero-order valence-corrected chi connectivity index (χ0v) is 52.9. The van der Waals surface area contributed by atoms with Gasteiger partial charge in [0.15, 0.2) is 7.11 Å². The summed E-state index contributed by atoms with van der Waals surface area (Å²) in [5.74, 6) is 0.00513. The highest BCUT2D eigenvalue weighted by Crippen LogP contribution is 2.43. The zero-order valence-electron chi connectivity index (χ0n) is 52.1. The molecular formula is C67H71N13O10S+2. The number of aliphatic imine (C=N–C) groups is 1. The lowest BCUT2D eigenvalue weighted by Crippen LogP contribution is -2.27. The first-order valence-electron chi connectivity index (χ1n) is 28.9. The molecule has 24 heteroatoms. The maximum Gasteiger partial charge on any atom is 0.363 e. The number of azo groups is 2. The third-order valence-electron chi connectivity index (χ3n) is 14.5. The van der Waals surface area contributed by atoms with Crippen LogP contribution in [0.25, 0.3) is 33.1 Å². The van der Waals surface area contributed by atoms with Crippen molar-refractivity contribution in [3.8, 4) is 28.8 Å². The van der Waals surface area contributed by atoms with E-state index < -0.39 is 11.9 Å². The van der Waals surface area contributed by atoms with Gasteiger partial charge in [-0.25, -0.2) is 14.0 Å². The Morgan fingerprint density at radius 1 is 0.659 bits per heavy atom. The first kappa shape index (κ1) is 66.2. The Bertz CT molecular complexity index is 4000. The number of amides is 3. The standard InChI is InChI=1S/C67H69N13O10S/c1-77(2)50-27-30-53-58(37-50)90-59-38-51(78(3)4)28-31-54(59)65(53)52-29-16-44(36-55(52)67(84)88-8)66(83)71-32-10-12-64(82)72-45-17-14-43(15-18-45)62(41-69-42-68)91-35-33-70-63(81)13-11-34-79(5)48-23-19-46(20-24-48)73-75-56-39-61(87-7)57(40-60(56)86-6)76-74-47-21-25-49(26-22-47)80(85)89-9/h14-31,36-41,62H,10-13,32-35H2,1-9H3,(H-2,70,71,72,81,82,83)/p+2. The van der Waals surface area contributed by atoms with Gasteiger partial charge in [-0.3, -0.25) is 14.4 Å². The first-order chi connectivity index (χ1) is 44.0. The second-order valence-corrected chi connectivity index (χ2v) is 22.3. The minimum atomic E-state index is -0.605. The SMILES string of the molecule is COC(=O)c1cc(C(=O)NCCCC(=O)Nc2ccc(C(C=NC#N)SCCNC(=O)CCCN(C)c3ccc(N=Nc4cc(OC)c(N=Nc5ccc([N+](=O)OC)cc5)cc4OC)cc3)cc2)ccc1-c1c2ccc(N(C)C)cc2[o+]c2cc(N(C)C)ccc12. The van der Waals surface area contributed by atoms with Crippen LogP contribution in [0.5, 0.6) is 11.5 Å². The van der Waals surface area contributed by atoms with Crippen LogP contribution in [0.1, 0.15) is 57.2 Å². The molecule has 8 rings (SSSR count). The largest absolute Gasteiger partial charge is 0.494 e. The number of esters is 1. The maximum atomic E-state index is 13.5. The highest BCUT2D eigenvalue weighted by atomic mass is 32.2. The van der Waals surface area contributed by atoms with E-state index in [1.807, 2.05) is 124 Å². The normalized spacial score (nSPS) is 11.6. The van der Waals surface area contributed by atoms with Gasteiger partial charge in [-0.05, 0) is 109 Å². The molecule has 8 aromatic rings. The second kappa shape index (κ2) is 31.9.